The summed E-state index contributed by atoms with van der Waals surface area (Å²) in [5.74, 6) is 0.345. The number of thiazole rings is 1. The van der Waals surface area contributed by atoms with E-state index < -0.39 is 0 Å². The summed E-state index contributed by atoms with van der Waals surface area (Å²) in [6.07, 6.45) is 4.64. The molecule has 3 rings (SSSR count). The maximum absolute atomic E-state index is 12.3. The Morgan fingerprint density at radius 1 is 1.33 bits per heavy atom. The van der Waals surface area contributed by atoms with Gasteiger partial charge in [0, 0.05) is 22.9 Å². The highest BCUT2D eigenvalue weighted by atomic mass is 35.5. The number of carbonyl (C=O) groups excluding carboxylic acids is 1. The SMILES string of the molecule is CCc1sc(NC(=O)C[C@@H]2CCC[C@H]2N)nc1-c1ccccc1.Cl. The van der Waals surface area contributed by atoms with Gasteiger partial charge < -0.3 is 11.1 Å². The van der Waals surface area contributed by atoms with E-state index in [0.29, 0.717) is 17.5 Å². The Bertz CT molecular complexity index is 674. The molecule has 0 spiro atoms. The zero-order chi connectivity index (χ0) is 16.2. The van der Waals surface area contributed by atoms with Crippen LogP contribution in [-0.4, -0.2) is 16.9 Å². The molecule has 130 valence electrons. The summed E-state index contributed by atoms with van der Waals surface area (Å²) < 4.78 is 0. The van der Waals surface area contributed by atoms with Gasteiger partial charge in [-0.05, 0) is 25.2 Å². The fraction of sp³-hybridized carbons (Fsp3) is 0.444. The number of anilines is 1. The highest BCUT2D eigenvalue weighted by Gasteiger charge is 2.26. The number of carbonyl (C=O) groups is 1. The van der Waals surface area contributed by atoms with Crippen molar-refractivity contribution in [2.75, 3.05) is 5.32 Å². The molecule has 1 saturated carbocycles. The van der Waals surface area contributed by atoms with Crippen molar-refractivity contribution < 1.29 is 4.79 Å². The summed E-state index contributed by atoms with van der Waals surface area (Å²) in [5.41, 5.74) is 8.13. The van der Waals surface area contributed by atoms with Gasteiger partial charge in [-0.15, -0.1) is 23.7 Å². The van der Waals surface area contributed by atoms with Crippen LogP contribution in [0, 0.1) is 5.92 Å². The van der Waals surface area contributed by atoms with E-state index in [1.54, 1.807) is 11.3 Å². The van der Waals surface area contributed by atoms with Crippen LogP contribution in [0.15, 0.2) is 30.3 Å². The smallest absolute Gasteiger partial charge is 0.226 e. The minimum absolute atomic E-state index is 0. The van der Waals surface area contributed by atoms with Gasteiger partial charge in [0.2, 0.25) is 5.91 Å². The maximum atomic E-state index is 12.3. The van der Waals surface area contributed by atoms with Crippen LogP contribution < -0.4 is 11.1 Å². The van der Waals surface area contributed by atoms with Crippen molar-refractivity contribution in [2.24, 2.45) is 11.7 Å². The Labute approximate surface area is 153 Å². The van der Waals surface area contributed by atoms with Crippen LogP contribution >= 0.6 is 23.7 Å². The minimum atomic E-state index is 0. The lowest BCUT2D eigenvalue weighted by Crippen LogP contribution is -2.28. The van der Waals surface area contributed by atoms with Crippen LogP contribution in [0.2, 0.25) is 0 Å². The first-order valence-corrected chi connectivity index (χ1v) is 9.09. The standard InChI is InChI=1S/C18H23N3OS.ClH/c1-2-15-17(12-7-4-3-5-8-12)21-18(23-15)20-16(22)11-13-9-6-10-14(13)19;/h3-5,7-8,13-14H,2,6,9-11,19H2,1H3,(H,20,21,22);1H/t13-,14+;/m0./s1. The maximum Gasteiger partial charge on any atom is 0.226 e. The topological polar surface area (TPSA) is 68.0 Å². The minimum Gasteiger partial charge on any atom is -0.327 e. The summed E-state index contributed by atoms with van der Waals surface area (Å²) in [5, 5.41) is 3.66. The summed E-state index contributed by atoms with van der Waals surface area (Å²) >= 11 is 1.57. The molecule has 1 aromatic carbocycles. The van der Waals surface area contributed by atoms with Gasteiger partial charge in [0.1, 0.15) is 0 Å². The number of nitrogens with zero attached hydrogens (tertiary/aromatic N) is 1. The van der Waals surface area contributed by atoms with Crippen LogP contribution in [0.25, 0.3) is 11.3 Å². The van der Waals surface area contributed by atoms with Gasteiger partial charge in [-0.25, -0.2) is 4.98 Å². The van der Waals surface area contributed by atoms with Crippen LogP contribution in [-0.2, 0) is 11.2 Å². The zero-order valence-corrected chi connectivity index (χ0v) is 15.5. The molecule has 1 aliphatic rings. The summed E-state index contributed by atoms with van der Waals surface area (Å²) in [4.78, 5) is 18.1. The normalized spacial score (nSPS) is 19.8. The molecule has 1 aliphatic carbocycles. The number of nitrogens with one attached hydrogen (secondary N) is 1. The number of hydrogen-bond donors (Lipinski definition) is 2. The fourth-order valence-corrected chi connectivity index (χ4v) is 4.13. The molecule has 0 radical (unpaired) electrons. The average molecular weight is 366 g/mol. The summed E-state index contributed by atoms with van der Waals surface area (Å²) in [6.45, 7) is 2.11. The van der Waals surface area contributed by atoms with Crippen molar-refractivity contribution in [3.05, 3.63) is 35.2 Å². The number of nitrogens with two attached hydrogens (primary N) is 1. The highest BCUT2D eigenvalue weighted by Crippen LogP contribution is 2.32. The number of halogens is 1. The van der Waals surface area contributed by atoms with E-state index >= 15 is 0 Å². The zero-order valence-electron chi connectivity index (χ0n) is 13.8. The molecular weight excluding hydrogens is 342 g/mol. The highest BCUT2D eigenvalue weighted by molar-refractivity contribution is 7.16. The first-order chi connectivity index (χ1) is 11.2. The average Bonchev–Trinajstić information content (AvgIpc) is 3.15. The molecule has 1 heterocycles. The molecule has 0 bridgehead atoms. The van der Waals surface area contributed by atoms with Crippen LogP contribution in [0.5, 0.6) is 0 Å². The lowest BCUT2D eigenvalue weighted by molar-refractivity contribution is -0.117. The molecule has 0 saturated heterocycles. The molecule has 0 unspecified atom stereocenters. The molecule has 3 N–H and O–H groups in total. The van der Waals surface area contributed by atoms with Crippen molar-refractivity contribution in [1.29, 1.82) is 0 Å². The van der Waals surface area contributed by atoms with Crippen LogP contribution in [0.1, 0.15) is 37.5 Å². The quantitative estimate of drug-likeness (QED) is 0.832. The second-order valence-corrected chi connectivity index (χ2v) is 7.20. The van der Waals surface area contributed by atoms with Crippen molar-refractivity contribution >= 4 is 34.8 Å². The third-order valence-corrected chi connectivity index (χ3v) is 5.59. The first-order valence-electron chi connectivity index (χ1n) is 8.28. The Morgan fingerprint density at radius 3 is 2.71 bits per heavy atom. The largest absolute Gasteiger partial charge is 0.327 e. The van der Waals surface area contributed by atoms with Crippen LogP contribution in [0.4, 0.5) is 5.13 Å². The molecule has 0 aliphatic heterocycles. The van der Waals surface area contributed by atoms with E-state index in [2.05, 4.69) is 29.4 Å². The summed E-state index contributed by atoms with van der Waals surface area (Å²) in [7, 11) is 0. The van der Waals surface area contributed by atoms with E-state index in [9.17, 15) is 4.79 Å². The van der Waals surface area contributed by atoms with Crippen molar-refractivity contribution in [3.63, 3.8) is 0 Å². The molecule has 1 aromatic heterocycles. The number of aromatic nitrogens is 1. The Hall–Kier alpha value is -1.43. The fourth-order valence-electron chi connectivity index (χ4n) is 3.19. The van der Waals surface area contributed by atoms with Crippen molar-refractivity contribution in [3.8, 4) is 11.3 Å². The Morgan fingerprint density at radius 2 is 2.08 bits per heavy atom. The Balaban J connectivity index is 0.00000208. The predicted molar refractivity (Wildman–Crippen MR) is 103 cm³/mol. The van der Waals surface area contributed by atoms with Gasteiger partial charge in [0.15, 0.2) is 5.13 Å². The van der Waals surface area contributed by atoms with E-state index in [1.165, 1.54) is 4.88 Å². The van der Waals surface area contributed by atoms with Gasteiger partial charge in [-0.3, -0.25) is 4.79 Å². The number of hydrogen-bond acceptors (Lipinski definition) is 4. The number of benzene rings is 1. The molecule has 4 nitrogen and oxygen atoms in total. The molecular formula is C18H24ClN3OS. The Kier molecular flexibility index (Phi) is 6.78. The third-order valence-electron chi connectivity index (χ3n) is 4.48. The molecule has 2 atom stereocenters. The van der Waals surface area contributed by atoms with Crippen LogP contribution in [0.3, 0.4) is 0 Å². The van der Waals surface area contributed by atoms with E-state index in [-0.39, 0.29) is 24.4 Å². The second-order valence-electron chi connectivity index (χ2n) is 6.12. The van der Waals surface area contributed by atoms with Crippen molar-refractivity contribution in [2.45, 2.75) is 45.1 Å². The first kappa shape index (κ1) is 18.9. The molecule has 1 fully saturated rings. The molecule has 6 heteroatoms. The third kappa shape index (κ3) is 4.35. The second kappa shape index (κ2) is 8.60. The lowest BCUT2D eigenvalue weighted by atomic mass is 10.00. The molecule has 1 amide bonds. The predicted octanol–water partition coefficient (Wildman–Crippen LogP) is 4.25. The lowest BCUT2D eigenvalue weighted by Gasteiger charge is -2.13. The number of aryl methyl sites for hydroxylation is 1. The van der Waals surface area contributed by atoms with Gasteiger partial charge in [0.25, 0.3) is 0 Å². The number of rotatable bonds is 5. The van der Waals surface area contributed by atoms with E-state index in [4.69, 9.17) is 5.73 Å². The van der Waals surface area contributed by atoms with Gasteiger partial charge >= 0.3 is 0 Å². The van der Waals surface area contributed by atoms with Gasteiger partial charge in [-0.1, -0.05) is 43.7 Å². The van der Waals surface area contributed by atoms with E-state index in [0.717, 1.165) is 36.9 Å². The van der Waals surface area contributed by atoms with Gasteiger partial charge in [0.05, 0.1) is 5.69 Å². The molecule has 2 aromatic rings. The monoisotopic (exact) mass is 365 g/mol. The van der Waals surface area contributed by atoms with Gasteiger partial charge in [-0.2, -0.15) is 0 Å². The van der Waals surface area contributed by atoms with E-state index in [1.807, 2.05) is 18.2 Å². The summed E-state index contributed by atoms with van der Waals surface area (Å²) in [6, 6.07) is 10.3. The number of amides is 1. The van der Waals surface area contributed by atoms with Crippen molar-refractivity contribution in [1.82, 2.24) is 4.98 Å². The molecule has 24 heavy (non-hydrogen) atoms.